The molecule has 1 aliphatic rings. The Morgan fingerprint density at radius 3 is 2.41 bits per heavy atom. The number of aromatic nitrogens is 3. The Bertz CT molecular complexity index is 1570. The summed E-state index contributed by atoms with van der Waals surface area (Å²) in [5, 5.41) is 9.27. The van der Waals surface area contributed by atoms with Gasteiger partial charge in [-0.3, -0.25) is 0 Å². The number of ether oxygens (including phenoxy) is 2. The van der Waals surface area contributed by atoms with E-state index in [1.165, 1.54) is 24.4 Å². The largest absolute Gasteiger partial charge is 0.489 e. The Morgan fingerprint density at radius 1 is 1.05 bits per heavy atom. The maximum absolute atomic E-state index is 12.9. The summed E-state index contributed by atoms with van der Waals surface area (Å²) in [6.45, 7) is 8.91. The van der Waals surface area contributed by atoms with Crippen LogP contribution in [-0.4, -0.2) is 27.8 Å². The third-order valence-corrected chi connectivity index (χ3v) is 8.23. The monoisotopic (exact) mass is 588 g/mol. The number of allylic oxidation sites excluding steroid dienone is 1. The van der Waals surface area contributed by atoms with Gasteiger partial charge in [-0.15, -0.1) is 5.10 Å². The SMILES string of the molecule is COC(=O)C1=C(C)Nc2nc(SCc3ccccc3Cl)nn2C1c1ccc(OCc2ccc(C(C)(C)C)cc2)cc1. The lowest BCUT2D eigenvalue weighted by Gasteiger charge is -2.27. The molecule has 7 nitrogen and oxygen atoms in total. The average molecular weight is 589 g/mol. The number of rotatable bonds is 8. The molecule has 0 aliphatic carbocycles. The van der Waals surface area contributed by atoms with Gasteiger partial charge in [0.1, 0.15) is 18.4 Å². The van der Waals surface area contributed by atoms with Crippen molar-refractivity contribution < 1.29 is 14.3 Å². The summed E-state index contributed by atoms with van der Waals surface area (Å²) in [7, 11) is 1.38. The van der Waals surface area contributed by atoms with E-state index in [1.807, 2.05) is 55.5 Å². The molecule has 1 unspecified atom stereocenters. The fourth-order valence-corrected chi connectivity index (χ4v) is 5.76. The minimum absolute atomic E-state index is 0.110. The molecule has 2 heterocycles. The van der Waals surface area contributed by atoms with Crippen LogP contribution >= 0.6 is 23.4 Å². The number of benzene rings is 3. The van der Waals surface area contributed by atoms with E-state index in [4.69, 9.17) is 31.2 Å². The van der Waals surface area contributed by atoms with Crippen molar-refractivity contribution in [1.82, 2.24) is 14.8 Å². The molecule has 3 aromatic carbocycles. The first-order valence-corrected chi connectivity index (χ1v) is 14.7. The molecule has 1 aromatic heterocycles. The molecular formula is C32H33ClN4O3S. The molecule has 1 aliphatic heterocycles. The van der Waals surface area contributed by atoms with Gasteiger partial charge in [0, 0.05) is 16.5 Å². The number of esters is 1. The molecule has 9 heteroatoms. The zero-order valence-corrected chi connectivity index (χ0v) is 25.3. The molecule has 1 atom stereocenters. The van der Waals surface area contributed by atoms with Crippen molar-refractivity contribution in [2.24, 2.45) is 0 Å². The van der Waals surface area contributed by atoms with Crippen LogP contribution in [0, 0.1) is 0 Å². The number of nitrogens with one attached hydrogen (secondary N) is 1. The van der Waals surface area contributed by atoms with Gasteiger partial charge in [-0.1, -0.05) is 98.7 Å². The lowest BCUT2D eigenvalue weighted by Crippen LogP contribution is -2.29. The van der Waals surface area contributed by atoms with Gasteiger partial charge in [-0.25, -0.2) is 9.48 Å². The zero-order chi connectivity index (χ0) is 29.1. The second-order valence-electron chi connectivity index (χ2n) is 10.9. The van der Waals surface area contributed by atoms with E-state index in [0.717, 1.165) is 22.4 Å². The third-order valence-electron chi connectivity index (χ3n) is 6.97. The van der Waals surface area contributed by atoms with Gasteiger partial charge in [-0.05, 0) is 52.8 Å². The van der Waals surface area contributed by atoms with Crippen molar-refractivity contribution in [3.63, 3.8) is 0 Å². The molecule has 0 amide bonds. The summed E-state index contributed by atoms with van der Waals surface area (Å²) in [6, 6.07) is 23.4. The molecule has 0 spiro atoms. The van der Waals surface area contributed by atoms with E-state index in [2.05, 4.69) is 50.4 Å². The normalized spacial score (nSPS) is 14.8. The van der Waals surface area contributed by atoms with E-state index in [9.17, 15) is 4.79 Å². The van der Waals surface area contributed by atoms with Crippen LogP contribution in [0.25, 0.3) is 0 Å². The van der Waals surface area contributed by atoms with Crippen LogP contribution < -0.4 is 10.1 Å². The number of methoxy groups -OCH3 is 1. The average Bonchev–Trinajstić information content (AvgIpc) is 3.37. The van der Waals surface area contributed by atoms with Crippen LogP contribution in [0.5, 0.6) is 5.75 Å². The first-order chi connectivity index (χ1) is 19.6. The third kappa shape index (κ3) is 6.44. The highest BCUT2D eigenvalue weighted by molar-refractivity contribution is 7.98. The van der Waals surface area contributed by atoms with E-state index in [1.54, 1.807) is 4.68 Å². The van der Waals surface area contributed by atoms with Gasteiger partial charge >= 0.3 is 5.97 Å². The van der Waals surface area contributed by atoms with Crippen LogP contribution in [-0.2, 0) is 27.3 Å². The number of hydrogen-bond acceptors (Lipinski definition) is 7. The molecule has 0 saturated carbocycles. The van der Waals surface area contributed by atoms with Crippen molar-refractivity contribution in [2.75, 3.05) is 12.4 Å². The molecule has 5 rings (SSSR count). The molecule has 0 fully saturated rings. The predicted octanol–water partition coefficient (Wildman–Crippen LogP) is 7.56. The number of carbonyl (C=O) groups excluding carboxylic acids is 1. The molecule has 0 bridgehead atoms. The Labute approximate surface area is 249 Å². The van der Waals surface area contributed by atoms with Crippen LogP contribution in [0.2, 0.25) is 5.02 Å². The molecule has 212 valence electrons. The van der Waals surface area contributed by atoms with Gasteiger partial charge in [0.25, 0.3) is 0 Å². The highest BCUT2D eigenvalue weighted by Crippen LogP contribution is 2.38. The van der Waals surface area contributed by atoms with Crippen molar-refractivity contribution in [2.45, 2.75) is 56.7 Å². The van der Waals surface area contributed by atoms with E-state index in [-0.39, 0.29) is 5.41 Å². The Kier molecular flexibility index (Phi) is 8.42. The molecular weight excluding hydrogens is 556 g/mol. The number of carbonyl (C=O) groups is 1. The number of nitrogens with zero attached hydrogens (tertiary/aromatic N) is 3. The van der Waals surface area contributed by atoms with Crippen molar-refractivity contribution in [3.8, 4) is 5.75 Å². The summed E-state index contributed by atoms with van der Waals surface area (Å²) < 4.78 is 13.0. The second-order valence-corrected chi connectivity index (χ2v) is 12.3. The lowest BCUT2D eigenvalue weighted by atomic mass is 9.87. The molecule has 1 N–H and O–H groups in total. The van der Waals surface area contributed by atoms with Crippen LogP contribution in [0.3, 0.4) is 0 Å². The van der Waals surface area contributed by atoms with Gasteiger partial charge in [-0.2, -0.15) is 4.98 Å². The minimum atomic E-state index is -0.514. The fraction of sp³-hybridized carbons (Fsp3) is 0.281. The lowest BCUT2D eigenvalue weighted by molar-refractivity contribution is -0.136. The quantitative estimate of drug-likeness (QED) is 0.168. The van der Waals surface area contributed by atoms with Gasteiger partial charge in [0.05, 0.1) is 12.7 Å². The van der Waals surface area contributed by atoms with Gasteiger partial charge in [0.15, 0.2) is 0 Å². The summed E-state index contributed by atoms with van der Waals surface area (Å²) in [5.74, 6) is 1.48. The second kappa shape index (κ2) is 12.0. The minimum Gasteiger partial charge on any atom is -0.489 e. The maximum atomic E-state index is 12.9. The number of thioether (sulfide) groups is 1. The topological polar surface area (TPSA) is 78.3 Å². The van der Waals surface area contributed by atoms with Crippen molar-refractivity contribution in [1.29, 1.82) is 0 Å². The van der Waals surface area contributed by atoms with Gasteiger partial charge < -0.3 is 14.8 Å². The van der Waals surface area contributed by atoms with E-state index in [0.29, 0.717) is 39.8 Å². The molecule has 0 saturated heterocycles. The molecule has 0 radical (unpaired) electrons. The highest BCUT2D eigenvalue weighted by atomic mass is 35.5. The van der Waals surface area contributed by atoms with Crippen molar-refractivity contribution in [3.05, 3.63) is 111 Å². The maximum Gasteiger partial charge on any atom is 0.338 e. The van der Waals surface area contributed by atoms with Crippen LogP contribution in [0.15, 0.2) is 89.2 Å². The summed E-state index contributed by atoms with van der Waals surface area (Å²) in [4.78, 5) is 17.6. The summed E-state index contributed by atoms with van der Waals surface area (Å²) >= 11 is 7.82. The Hall–Kier alpha value is -3.75. The highest BCUT2D eigenvalue weighted by Gasteiger charge is 2.35. The number of fused-ring (bicyclic) bond motifs is 1. The first kappa shape index (κ1) is 28.8. The molecule has 4 aromatic rings. The Balaban J connectivity index is 1.36. The Morgan fingerprint density at radius 2 is 1.76 bits per heavy atom. The molecule has 41 heavy (non-hydrogen) atoms. The smallest absolute Gasteiger partial charge is 0.338 e. The summed E-state index contributed by atoms with van der Waals surface area (Å²) in [5.41, 5.74) is 5.50. The first-order valence-electron chi connectivity index (χ1n) is 13.3. The van der Waals surface area contributed by atoms with Crippen LogP contribution in [0.1, 0.15) is 56.0 Å². The summed E-state index contributed by atoms with van der Waals surface area (Å²) in [6.07, 6.45) is 0. The van der Waals surface area contributed by atoms with Crippen LogP contribution in [0.4, 0.5) is 5.95 Å². The number of halogens is 1. The number of hydrogen-bond donors (Lipinski definition) is 1. The number of anilines is 1. The predicted molar refractivity (Wildman–Crippen MR) is 163 cm³/mol. The van der Waals surface area contributed by atoms with Crippen molar-refractivity contribution >= 4 is 35.3 Å². The van der Waals surface area contributed by atoms with Gasteiger partial charge in [0.2, 0.25) is 11.1 Å². The zero-order valence-electron chi connectivity index (χ0n) is 23.8. The van der Waals surface area contributed by atoms with E-state index >= 15 is 0 Å². The standard InChI is InChI=1S/C32H33ClN4O3S/c1-20-27(29(38)39-5)28(37-30(34-20)35-31(36-37)41-19-23-8-6-7-9-26(23)33)22-12-16-25(17-13-22)40-18-21-10-14-24(15-11-21)32(2,3)4/h6-17,28H,18-19H2,1-5H3,(H,34,35,36). The fourth-order valence-electron chi connectivity index (χ4n) is 4.65. The van der Waals surface area contributed by atoms with E-state index < -0.39 is 12.0 Å².